The fourth-order valence-electron chi connectivity index (χ4n) is 3.32. The molecule has 0 radical (unpaired) electrons. The van der Waals surface area contributed by atoms with E-state index in [1.54, 1.807) is 47.7 Å². The minimum absolute atomic E-state index is 0.0404. The van der Waals surface area contributed by atoms with Gasteiger partial charge in [0, 0.05) is 28.8 Å². The van der Waals surface area contributed by atoms with Crippen LogP contribution in [0.4, 0.5) is 5.69 Å². The van der Waals surface area contributed by atoms with E-state index in [-0.39, 0.29) is 17.3 Å². The van der Waals surface area contributed by atoms with Crippen LogP contribution < -0.4 is 4.74 Å². The first-order valence-electron chi connectivity index (χ1n) is 9.79. The molecule has 0 saturated carbocycles. The Morgan fingerprint density at radius 1 is 1.12 bits per heavy atom. The van der Waals surface area contributed by atoms with Crippen molar-refractivity contribution in [2.75, 3.05) is 7.11 Å². The maximum Gasteiger partial charge on any atom is 0.274 e. The van der Waals surface area contributed by atoms with Crippen LogP contribution >= 0.6 is 11.3 Å². The maximum atomic E-state index is 13.4. The lowest BCUT2D eigenvalue weighted by molar-refractivity contribution is -0.384. The van der Waals surface area contributed by atoms with Crippen molar-refractivity contribution in [3.8, 4) is 11.4 Å². The van der Waals surface area contributed by atoms with Crippen molar-refractivity contribution in [1.82, 2.24) is 14.7 Å². The zero-order valence-corrected chi connectivity index (χ0v) is 18.1. The molecule has 0 aliphatic heterocycles. The summed E-state index contributed by atoms with van der Waals surface area (Å²) in [6, 6.07) is 19.2. The van der Waals surface area contributed by atoms with Crippen LogP contribution in [0, 0.1) is 10.1 Å². The number of carbonyl (C=O) groups is 1. The van der Waals surface area contributed by atoms with Gasteiger partial charge in [0.25, 0.3) is 11.6 Å². The highest BCUT2D eigenvalue weighted by Crippen LogP contribution is 2.23. The van der Waals surface area contributed by atoms with Gasteiger partial charge in [-0.25, -0.2) is 4.68 Å². The molecule has 4 aromatic rings. The van der Waals surface area contributed by atoms with E-state index in [0.717, 1.165) is 10.4 Å². The average Bonchev–Trinajstić information content (AvgIpc) is 3.51. The van der Waals surface area contributed by atoms with Crippen molar-refractivity contribution in [3.63, 3.8) is 0 Å². The molecule has 2 aromatic carbocycles. The summed E-state index contributed by atoms with van der Waals surface area (Å²) in [5.41, 5.74) is 1.61. The first-order valence-corrected chi connectivity index (χ1v) is 10.7. The summed E-state index contributed by atoms with van der Waals surface area (Å²) in [5.74, 6) is 0.465. The van der Waals surface area contributed by atoms with E-state index in [0.29, 0.717) is 24.5 Å². The second kappa shape index (κ2) is 9.44. The summed E-state index contributed by atoms with van der Waals surface area (Å²) in [6.45, 7) is 0.780. The Hall–Kier alpha value is -3.98. The predicted molar refractivity (Wildman–Crippen MR) is 121 cm³/mol. The van der Waals surface area contributed by atoms with Gasteiger partial charge >= 0.3 is 0 Å². The molecule has 8 nitrogen and oxygen atoms in total. The monoisotopic (exact) mass is 448 g/mol. The van der Waals surface area contributed by atoms with Crippen LogP contribution in [0.1, 0.15) is 20.9 Å². The Kier molecular flexibility index (Phi) is 6.27. The number of non-ortho nitro benzene ring substituents is 1. The van der Waals surface area contributed by atoms with Gasteiger partial charge in [0.15, 0.2) is 5.69 Å². The third kappa shape index (κ3) is 4.68. The molecule has 0 N–H and O–H groups in total. The standard InChI is InChI=1S/C23H20N4O4S/c1-31-22-10-3-2-6-17(22)15-25(16-20-9-5-13-32-20)23(28)21-11-12-26(24-21)18-7-4-8-19(14-18)27(29)30/h2-14H,15-16H2,1H3. The highest BCUT2D eigenvalue weighted by molar-refractivity contribution is 7.09. The van der Waals surface area contributed by atoms with E-state index in [4.69, 9.17) is 4.74 Å². The van der Waals surface area contributed by atoms with Crippen molar-refractivity contribution >= 4 is 22.9 Å². The number of amides is 1. The van der Waals surface area contributed by atoms with Crippen LogP contribution in [-0.4, -0.2) is 32.6 Å². The average molecular weight is 449 g/mol. The topological polar surface area (TPSA) is 90.5 Å². The third-order valence-corrected chi connectivity index (χ3v) is 5.74. The van der Waals surface area contributed by atoms with Crippen molar-refractivity contribution in [3.05, 3.63) is 105 Å². The van der Waals surface area contributed by atoms with Crippen molar-refractivity contribution < 1.29 is 14.5 Å². The Labute approximate surface area is 188 Å². The number of aromatic nitrogens is 2. The largest absolute Gasteiger partial charge is 0.496 e. The quantitative estimate of drug-likeness (QED) is 0.288. The predicted octanol–water partition coefficient (Wildman–Crippen LogP) is 4.69. The SMILES string of the molecule is COc1ccccc1CN(Cc1cccs1)C(=O)c1ccn(-c2cccc([N+](=O)[O-])c2)n1. The van der Waals surface area contributed by atoms with Gasteiger partial charge in [-0.05, 0) is 29.6 Å². The number of methoxy groups -OCH3 is 1. The van der Waals surface area contributed by atoms with Crippen molar-refractivity contribution in [2.45, 2.75) is 13.1 Å². The lowest BCUT2D eigenvalue weighted by Gasteiger charge is -2.22. The molecule has 0 aliphatic carbocycles. The van der Waals surface area contributed by atoms with Crippen LogP contribution in [0.15, 0.2) is 78.3 Å². The van der Waals surface area contributed by atoms with Gasteiger partial charge in [-0.1, -0.05) is 30.3 Å². The van der Waals surface area contributed by atoms with Crippen LogP contribution in [0.2, 0.25) is 0 Å². The number of carbonyl (C=O) groups excluding carboxylic acids is 1. The molecule has 0 fully saturated rings. The fourth-order valence-corrected chi connectivity index (χ4v) is 4.04. The van der Waals surface area contributed by atoms with Crippen molar-refractivity contribution in [2.24, 2.45) is 0 Å². The van der Waals surface area contributed by atoms with Gasteiger partial charge in [-0.15, -0.1) is 11.3 Å². The molecule has 4 rings (SSSR count). The van der Waals surface area contributed by atoms with E-state index in [2.05, 4.69) is 5.10 Å². The van der Waals surface area contributed by atoms with Gasteiger partial charge < -0.3 is 9.64 Å². The second-order valence-corrected chi connectivity index (χ2v) is 8.01. The molecule has 9 heteroatoms. The number of para-hydroxylation sites is 1. The Morgan fingerprint density at radius 3 is 2.72 bits per heavy atom. The number of hydrogen-bond acceptors (Lipinski definition) is 6. The maximum absolute atomic E-state index is 13.4. The van der Waals surface area contributed by atoms with Gasteiger partial charge in [-0.3, -0.25) is 14.9 Å². The zero-order chi connectivity index (χ0) is 22.5. The minimum atomic E-state index is -0.463. The molecule has 2 aromatic heterocycles. The number of nitrogens with zero attached hydrogens (tertiary/aromatic N) is 4. The summed E-state index contributed by atoms with van der Waals surface area (Å²) < 4.78 is 6.91. The number of nitro groups is 1. The highest BCUT2D eigenvalue weighted by Gasteiger charge is 2.21. The molecule has 0 aliphatic rings. The molecule has 2 heterocycles. The number of benzene rings is 2. The molecular formula is C23H20N4O4S. The first kappa shape index (κ1) is 21.3. The van der Waals surface area contributed by atoms with E-state index >= 15 is 0 Å². The molecular weight excluding hydrogens is 428 g/mol. The zero-order valence-electron chi connectivity index (χ0n) is 17.2. The summed E-state index contributed by atoms with van der Waals surface area (Å²) in [7, 11) is 1.60. The van der Waals surface area contributed by atoms with Crippen LogP contribution in [-0.2, 0) is 13.1 Å². The number of thiophene rings is 1. The Bertz CT molecular complexity index is 1240. The number of hydrogen-bond donors (Lipinski definition) is 0. The Balaban J connectivity index is 1.62. The highest BCUT2D eigenvalue weighted by atomic mass is 32.1. The van der Waals surface area contributed by atoms with E-state index < -0.39 is 4.92 Å². The normalized spacial score (nSPS) is 10.7. The molecule has 0 atom stereocenters. The molecule has 162 valence electrons. The van der Waals surface area contributed by atoms with Crippen molar-refractivity contribution in [1.29, 1.82) is 0 Å². The third-order valence-electron chi connectivity index (χ3n) is 4.88. The molecule has 1 amide bonds. The molecule has 0 bridgehead atoms. The molecule has 32 heavy (non-hydrogen) atoms. The van der Waals surface area contributed by atoms with Gasteiger partial charge in [-0.2, -0.15) is 5.10 Å². The van der Waals surface area contributed by atoms with Gasteiger partial charge in [0.1, 0.15) is 5.75 Å². The molecule has 0 saturated heterocycles. The lowest BCUT2D eigenvalue weighted by Crippen LogP contribution is -2.30. The van der Waals surface area contributed by atoms with E-state index in [9.17, 15) is 14.9 Å². The molecule has 0 spiro atoms. The summed E-state index contributed by atoms with van der Waals surface area (Å²) in [6.07, 6.45) is 1.62. The van der Waals surface area contributed by atoms with Gasteiger partial charge in [0.2, 0.25) is 0 Å². The van der Waals surface area contributed by atoms with Gasteiger partial charge in [0.05, 0.1) is 30.8 Å². The van der Waals surface area contributed by atoms with Crippen LogP contribution in [0.25, 0.3) is 5.69 Å². The number of rotatable bonds is 8. The lowest BCUT2D eigenvalue weighted by atomic mass is 10.1. The fraction of sp³-hybridized carbons (Fsp3) is 0.130. The summed E-state index contributed by atoms with van der Waals surface area (Å²) in [4.78, 5) is 26.8. The van der Waals surface area contributed by atoms with Crippen LogP contribution in [0.3, 0.4) is 0 Å². The summed E-state index contributed by atoms with van der Waals surface area (Å²) in [5, 5.41) is 17.4. The second-order valence-electron chi connectivity index (χ2n) is 6.97. The first-order chi connectivity index (χ1) is 15.5. The number of nitro benzene ring substituents is 1. The number of ether oxygens (including phenoxy) is 1. The van der Waals surface area contributed by atoms with Crippen LogP contribution in [0.5, 0.6) is 5.75 Å². The van der Waals surface area contributed by atoms with E-state index in [1.165, 1.54) is 16.8 Å². The van der Waals surface area contributed by atoms with E-state index in [1.807, 2.05) is 41.8 Å². The molecule has 0 unspecified atom stereocenters. The Morgan fingerprint density at radius 2 is 1.97 bits per heavy atom. The summed E-state index contributed by atoms with van der Waals surface area (Å²) >= 11 is 1.58. The smallest absolute Gasteiger partial charge is 0.274 e. The minimum Gasteiger partial charge on any atom is -0.496 e.